The number of carboxylic acids is 1. The van der Waals surface area contributed by atoms with Crippen molar-refractivity contribution in [2.75, 3.05) is 6.61 Å². The fourth-order valence-electron chi connectivity index (χ4n) is 5.56. The molecular formula is C37H70O4. The number of carbonyl (C=O) groups is 2. The van der Waals surface area contributed by atoms with Crippen molar-refractivity contribution in [3.63, 3.8) is 0 Å². The summed E-state index contributed by atoms with van der Waals surface area (Å²) in [5, 5.41) is 9.34. The van der Waals surface area contributed by atoms with Crippen molar-refractivity contribution in [3.05, 3.63) is 12.2 Å². The van der Waals surface area contributed by atoms with Crippen LogP contribution in [-0.4, -0.2) is 23.7 Å². The predicted molar refractivity (Wildman–Crippen MR) is 176 cm³/mol. The molecule has 0 aromatic carbocycles. The molecule has 0 saturated carbocycles. The van der Waals surface area contributed by atoms with Gasteiger partial charge in [0.05, 0.1) is 18.9 Å². The Morgan fingerprint density at radius 1 is 0.537 bits per heavy atom. The van der Waals surface area contributed by atoms with E-state index < -0.39 is 11.9 Å². The summed E-state index contributed by atoms with van der Waals surface area (Å²) < 4.78 is 5.03. The van der Waals surface area contributed by atoms with E-state index in [1.165, 1.54) is 154 Å². The molecule has 0 saturated heterocycles. The molecule has 0 aromatic rings. The molecule has 0 aromatic heterocycles. The van der Waals surface area contributed by atoms with Crippen LogP contribution in [0.15, 0.2) is 12.2 Å². The third-order valence-electron chi connectivity index (χ3n) is 8.27. The number of ether oxygens (including phenoxy) is 1. The molecule has 0 bridgehead atoms. The zero-order valence-electron chi connectivity index (χ0n) is 27.6. The van der Waals surface area contributed by atoms with Crippen LogP contribution in [0.4, 0.5) is 0 Å². The normalized spacial score (nSPS) is 12.2. The minimum atomic E-state index is -0.873. The van der Waals surface area contributed by atoms with Crippen molar-refractivity contribution in [1.29, 1.82) is 0 Å². The van der Waals surface area contributed by atoms with E-state index in [9.17, 15) is 14.7 Å². The van der Waals surface area contributed by atoms with Gasteiger partial charge >= 0.3 is 11.9 Å². The van der Waals surface area contributed by atoms with Crippen molar-refractivity contribution in [1.82, 2.24) is 0 Å². The van der Waals surface area contributed by atoms with Crippen LogP contribution in [0.2, 0.25) is 0 Å². The second-order valence-corrected chi connectivity index (χ2v) is 12.4. The summed E-state index contributed by atoms with van der Waals surface area (Å²) in [5.41, 5.74) is 0. The van der Waals surface area contributed by atoms with Crippen LogP contribution in [0.25, 0.3) is 0 Å². The molecular weight excluding hydrogens is 508 g/mol. The number of aliphatic carboxylic acids is 1. The Morgan fingerprint density at radius 2 is 0.902 bits per heavy atom. The van der Waals surface area contributed by atoms with E-state index in [-0.39, 0.29) is 12.4 Å². The summed E-state index contributed by atoms with van der Waals surface area (Å²) in [6, 6.07) is 0. The maximum Gasteiger partial charge on any atom is 0.307 e. The molecule has 1 unspecified atom stereocenters. The minimum absolute atomic E-state index is 0.00754. The molecule has 1 N–H and O–H groups in total. The van der Waals surface area contributed by atoms with Gasteiger partial charge in [-0.3, -0.25) is 9.59 Å². The molecule has 0 aliphatic heterocycles. The summed E-state index contributed by atoms with van der Waals surface area (Å²) in [6.45, 7) is 4.56. The molecule has 0 aliphatic carbocycles. The Morgan fingerprint density at radius 3 is 1.27 bits per heavy atom. The van der Waals surface area contributed by atoms with Crippen molar-refractivity contribution >= 4 is 11.9 Å². The molecule has 41 heavy (non-hydrogen) atoms. The minimum Gasteiger partial charge on any atom is -0.481 e. The topological polar surface area (TPSA) is 63.6 Å². The molecule has 0 amide bonds. The van der Waals surface area contributed by atoms with Gasteiger partial charge in [-0.1, -0.05) is 174 Å². The van der Waals surface area contributed by atoms with Gasteiger partial charge in [-0.05, 0) is 32.1 Å². The van der Waals surface area contributed by atoms with Crippen LogP contribution in [-0.2, 0) is 14.3 Å². The lowest BCUT2D eigenvalue weighted by Gasteiger charge is -2.11. The van der Waals surface area contributed by atoms with E-state index in [4.69, 9.17) is 4.74 Å². The fourth-order valence-corrected chi connectivity index (χ4v) is 5.56. The van der Waals surface area contributed by atoms with Gasteiger partial charge in [0.15, 0.2) is 0 Å². The number of carboxylic acid groups (broad SMARTS) is 1. The van der Waals surface area contributed by atoms with Crippen molar-refractivity contribution < 1.29 is 19.4 Å². The summed E-state index contributed by atoms with van der Waals surface area (Å²) >= 11 is 0. The Labute approximate surface area is 255 Å². The number of carbonyl (C=O) groups excluding carboxylic acids is 1. The molecule has 242 valence electrons. The Balaban J connectivity index is 3.26. The lowest BCUT2D eigenvalue weighted by atomic mass is 9.97. The molecule has 4 nitrogen and oxygen atoms in total. The van der Waals surface area contributed by atoms with E-state index in [1.807, 2.05) is 6.92 Å². The van der Waals surface area contributed by atoms with Crippen LogP contribution in [0.5, 0.6) is 0 Å². The fraction of sp³-hybridized carbons (Fsp3) is 0.892. The van der Waals surface area contributed by atoms with Crippen LogP contribution < -0.4 is 0 Å². The maximum absolute atomic E-state index is 11.7. The highest BCUT2D eigenvalue weighted by molar-refractivity contribution is 5.78. The molecule has 1 atom stereocenters. The molecule has 0 heterocycles. The van der Waals surface area contributed by atoms with Crippen molar-refractivity contribution in [2.24, 2.45) is 5.92 Å². The summed E-state index contributed by atoms with van der Waals surface area (Å²) in [5.74, 6) is -1.85. The van der Waals surface area contributed by atoms with Gasteiger partial charge in [0.2, 0.25) is 0 Å². The number of allylic oxidation sites excluding steroid dienone is 2. The third kappa shape index (κ3) is 31.4. The van der Waals surface area contributed by atoms with E-state index in [2.05, 4.69) is 19.1 Å². The standard InChI is InChI=1S/C37H70O4/c1-3-5-6-7-8-9-10-11-12-13-14-15-16-17-18-19-20-21-22-23-24-25-26-27-28-29-30-31-32-35(37(39)40)34-36(38)41-33-4-2/h6-7,35H,3-5,8-34H2,1-2H3,(H,39,40)/b7-6+. The highest BCUT2D eigenvalue weighted by Gasteiger charge is 2.21. The van der Waals surface area contributed by atoms with Crippen LogP contribution in [0.3, 0.4) is 0 Å². The quantitative estimate of drug-likeness (QED) is 0.0478. The van der Waals surface area contributed by atoms with Crippen molar-refractivity contribution in [2.45, 2.75) is 200 Å². The lowest BCUT2D eigenvalue weighted by Crippen LogP contribution is -2.19. The van der Waals surface area contributed by atoms with Gasteiger partial charge in [-0.25, -0.2) is 0 Å². The van der Waals surface area contributed by atoms with Crippen LogP contribution >= 0.6 is 0 Å². The Kier molecular flexibility index (Phi) is 32.1. The van der Waals surface area contributed by atoms with Gasteiger partial charge < -0.3 is 9.84 Å². The van der Waals surface area contributed by atoms with Gasteiger partial charge in [0.25, 0.3) is 0 Å². The first kappa shape index (κ1) is 39.7. The average Bonchev–Trinajstić information content (AvgIpc) is 2.96. The second-order valence-electron chi connectivity index (χ2n) is 12.4. The summed E-state index contributed by atoms with van der Waals surface area (Å²) in [6.07, 6.45) is 41.0. The summed E-state index contributed by atoms with van der Waals surface area (Å²) in [7, 11) is 0. The van der Waals surface area contributed by atoms with E-state index in [0.29, 0.717) is 13.0 Å². The number of hydrogen-bond acceptors (Lipinski definition) is 3. The van der Waals surface area contributed by atoms with Gasteiger partial charge in [-0.15, -0.1) is 0 Å². The lowest BCUT2D eigenvalue weighted by molar-refractivity contribution is -0.151. The maximum atomic E-state index is 11.7. The van der Waals surface area contributed by atoms with Crippen LogP contribution in [0, 0.1) is 5.92 Å². The Hall–Kier alpha value is -1.32. The zero-order chi connectivity index (χ0) is 30.1. The van der Waals surface area contributed by atoms with E-state index in [0.717, 1.165) is 19.3 Å². The second kappa shape index (κ2) is 33.2. The largest absolute Gasteiger partial charge is 0.481 e. The first-order valence-corrected chi connectivity index (χ1v) is 18.1. The number of rotatable bonds is 33. The van der Waals surface area contributed by atoms with Crippen molar-refractivity contribution in [3.8, 4) is 0 Å². The molecule has 4 heteroatoms. The molecule has 0 radical (unpaired) electrons. The SMILES string of the molecule is CCC/C=C/CCCCCCCCCCCCCCCCCCCCCCCCCC(CC(=O)OCCC)C(=O)O. The number of hydrogen-bond donors (Lipinski definition) is 1. The molecule has 0 spiro atoms. The highest BCUT2D eigenvalue weighted by atomic mass is 16.5. The van der Waals surface area contributed by atoms with E-state index in [1.54, 1.807) is 0 Å². The predicted octanol–water partition coefficient (Wildman–Crippen LogP) is 12.1. The summed E-state index contributed by atoms with van der Waals surface area (Å²) in [4.78, 5) is 23.1. The van der Waals surface area contributed by atoms with Gasteiger partial charge in [0, 0.05) is 0 Å². The monoisotopic (exact) mass is 579 g/mol. The first-order valence-electron chi connectivity index (χ1n) is 18.1. The first-order chi connectivity index (χ1) is 20.1. The Bertz CT molecular complexity index is 585. The zero-order valence-corrected chi connectivity index (χ0v) is 27.6. The van der Waals surface area contributed by atoms with Crippen LogP contribution in [0.1, 0.15) is 200 Å². The third-order valence-corrected chi connectivity index (χ3v) is 8.27. The molecule has 0 fully saturated rings. The highest BCUT2D eigenvalue weighted by Crippen LogP contribution is 2.18. The smallest absolute Gasteiger partial charge is 0.307 e. The number of esters is 1. The molecule has 0 rings (SSSR count). The number of unbranched alkanes of at least 4 members (excludes halogenated alkanes) is 24. The van der Waals surface area contributed by atoms with E-state index >= 15 is 0 Å². The van der Waals surface area contributed by atoms with Gasteiger partial charge in [-0.2, -0.15) is 0 Å². The molecule has 0 aliphatic rings. The average molecular weight is 579 g/mol. The van der Waals surface area contributed by atoms with Gasteiger partial charge in [0.1, 0.15) is 0 Å².